The summed E-state index contributed by atoms with van der Waals surface area (Å²) in [5, 5.41) is 0. The number of carbonyl (C=O) groups excluding carboxylic acids is 1. The molecule has 78 valence electrons. The molecule has 0 N–H and O–H groups in total. The smallest absolute Gasteiger partial charge is 0.306 e. The molecular formula is C10H13BrO2S. The lowest BCUT2D eigenvalue weighted by molar-refractivity contribution is -0.141. The highest BCUT2D eigenvalue weighted by Crippen LogP contribution is 2.32. The number of thiophene rings is 1. The van der Waals surface area contributed by atoms with Gasteiger partial charge in [-0.25, -0.2) is 0 Å². The number of halogens is 1. The van der Waals surface area contributed by atoms with Crippen LogP contribution in [0.5, 0.6) is 0 Å². The highest BCUT2D eigenvalue weighted by molar-refractivity contribution is 9.11. The predicted molar refractivity (Wildman–Crippen MR) is 61.7 cm³/mol. The van der Waals surface area contributed by atoms with E-state index in [1.54, 1.807) is 11.3 Å². The Morgan fingerprint density at radius 1 is 1.64 bits per heavy atom. The molecule has 1 heterocycles. The minimum Gasteiger partial charge on any atom is -0.469 e. The fraction of sp³-hybridized carbons (Fsp3) is 0.500. The molecule has 0 saturated carbocycles. The van der Waals surface area contributed by atoms with Crippen LogP contribution in [0.15, 0.2) is 15.9 Å². The lowest BCUT2D eigenvalue weighted by Gasteiger charge is -2.10. The summed E-state index contributed by atoms with van der Waals surface area (Å²) < 4.78 is 5.77. The van der Waals surface area contributed by atoms with Crippen LogP contribution in [0, 0.1) is 0 Å². The molecule has 1 unspecified atom stereocenters. The van der Waals surface area contributed by atoms with Gasteiger partial charge in [-0.15, -0.1) is 11.3 Å². The standard InChI is InChI=1S/C10H13BrO2S/c1-3-7(6-10(12)13-2)8-4-5-9(11)14-8/h4-5,7H,3,6H2,1-2H3. The number of esters is 1. The molecule has 0 bridgehead atoms. The van der Waals surface area contributed by atoms with Gasteiger partial charge in [0.25, 0.3) is 0 Å². The third-order valence-electron chi connectivity index (χ3n) is 2.13. The summed E-state index contributed by atoms with van der Waals surface area (Å²) in [6.07, 6.45) is 1.43. The Bertz CT molecular complexity index is 309. The Labute approximate surface area is 96.4 Å². The first-order chi connectivity index (χ1) is 6.67. The minimum absolute atomic E-state index is 0.138. The summed E-state index contributed by atoms with van der Waals surface area (Å²) >= 11 is 5.10. The van der Waals surface area contributed by atoms with Gasteiger partial charge in [-0.05, 0) is 34.5 Å². The van der Waals surface area contributed by atoms with Crippen molar-refractivity contribution in [2.45, 2.75) is 25.7 Å². The maximum atomic E-state index is 11.1. The number of methoxy groups -OCH3 is 1. The van der Waals surface area contributed by atoms with Crippen molar-refractivity contribution in [1.29, 1.82) is 0 Å². The van der Waals surface area contributed by atoms with Gasteiger partial charge >= 0.3 is 5.97 Å². The van der Waals surface area contributed by atoms with E-state index >= 15 is 0 Å². The van der Waals surface area contributed by atoms with Gasteiger partial charge in [-0.2, -0.15) is 0 Å². The van der Waals surface area contributed by atoms with Gasteiger partial charge in [0.1, 0.15) is 0 Å². The van der Waals surface area contributed by atoms with Crippen molar-refractivity contribution in [3.8, 4) is 0 Å². The molecule has 1 aromatic heterocycles. The molecule has 0 radical (unpaired) electrons. The van der Waals surface area contributed by atoms with E-state index < -0.39 is 0 Å². The molecular weight excluding hydrogens is 264 g/mol. The predicted octanol–water partition coefficient (Wildman–Crippen LogP) is 3.57. The molecule has 0 aliphatic rings. The average Bonchev–Trinajstić information content (AvgIpc) is 2.60. The average molecular weight is 277 g/mol. The van der Waals surface area contributed by atoms with Crippen LogP contribution in [0.4, 0.5) is 0 Å². The third-order valence-corrected chi connectivity index (χ3v) is 3.92. The Hall–Kier alpha value is -0.350. The van der Waals surface area contributed by atoms with Crippen LogP contribution in [0.3, 0.4) is 0 Å². The fourth-order valence-electron chi connectivity index (χ4n) is 1.28. The van der Waals surface area contributed by atoms with E-state index in [-0.39, 0.29) is 5.97 Å². The number of hydrogen-bond donors (Lipinski definition) is 0. The van der Waals surface area contributed by atoms with Crippen molar-refractivity contribution >= 4 is 33.2 Å². The number of hydrogen-bond acceptors (Lipinski definition) is 3. The summed E-state index contributed by atoms with van der Waals surface area (Å²) in [7, 11) is 1.43. The van der Waals surface area contributed by atoms with E-state index in [9.17, 15) is 4.79 Å². The highest BCUT2D eigenvalue weighted by atomic mass is 79.9. The second-order valence-corrected chi connectivity index (χ2v) is 5.52. The van der Waals surface area contributed by atoms with E-state index in [1.807, 2.05) is 6.07 Å². The van der Waals surface area contributed by atoms with Crippen LogP contribution < -0.4 is 0 Å². The largest absolute Gasteiger partial charge is 0.469 e. The molecule has 0 spiro atoms. The van der Waals surface area contributed by atoms with Gasteiger partial charge in [-0.1, -0.05) is 6.92 Å². The number of ether oxygens (including phenoxy) is 1. The first-order valence-corrected chi connectivity index (χ1v) is 6.10. The number of rotatable bonds is 4. The van der Waals surface area contributed by atoms with E-state index in [0.717, 1.165) is 10.2 Å². The van der Waals surface area contributed by atoms with Crippen molar-refractivity contribution in [1.82, 2.24) is 0 Å². The molecule has 4 heteroatoms. The van der Waals surface area contributed by atoms with E-state index in [1.165, 1.54) is 12.0 Å². The topological polar surface area (TPSA) is 26.3 Å². The lowest BCUT2D eigenvalue weighted by atomic mass is 10.0. The molecule has 0 aliphatic carbocycles. The fourth-order valence-corrected chi connectivity index (χ4v) is 2.89. The van der Waals surface area contributed by atoms with Crippen LogP contribution in [-0.2, 0) is 9.53 Å². The van der Waals surface area contributed by atoms with Crippen LogP contribution in [-0.4, -0.2) is 13.1 Å². The van der Waals surface area contributed by atoms with Crippen LogP contribution >= 0.6 is 27.3 Å². The zero-order chi connectivity index (χ0) is 10.6. The molecule has 0 amide bonds. The van der Waals surface area contributed by atoms with Crippen LogP contribution in [0.1, 0.15) is 30.6 Å². The van der Waals surface area contributed by atoms with Gasteiger partial charge in [0.2, 0.25) is 0 Å². The summed E-state index contributed by atoms with van der Waals surface area (Å²) in [4.78, 5) is 12.4. The molecule has 0 saturated heterocycles. The monoisotopic (exact) mass is 276 g/mol. The van der Waals surface area contributed by atoms with Gasteiger partial charge in [0.15, 0.2) is 0 Å². The summed E-state index contributed by atoms with van der Waals surface area (Å²) in [5.41, 5.74) is 0. The number of carbonyl (C=O) groups is 1. The molecule has 1 rings (SSSR count). The summed E-state index contributed by atoms with van der Waals surface area (Å²) in [6.45, 7) is 2.08. The summed E-state index contributed by atoms with van der Waals surface area (Å²) in [6, 6.07) is 4.08. The van der Waals surface area contributed by atoms with E-state index in [0.29, 0.717) is 12.3 Å². The van der Waals surface area contributed by atoms with E-state index in [2.05, 4.69) is 33.7 Å². The maximum Gasteiger partial charge on any atom is 0.306 e. The SMILES string of the molecule is CCC(CC(=O)OC)c1ccc(Br)s1. The zero-order valence-electron chi connectivity index (χ0n) is 8.25. The molecule has 0 fully saturated rings. The third kappa shape index (κ3) is 3.10. The van der Waals surface area contributed by atoms with E-state index in [4.69, 9.17) is 0 Å². The second kappa shape index (κ2) is 5.51. The molecule has 14 heavy (non-hydrogen) atoms. The first-order valence-electron chi connectivity index (χ1n) is 4.49. The van der Waals surface area contributed by atoms with Crippen molar-refractivity contribution in [3.63, 3.8) is 0 Å². The molecule has 2 nitrogen and oxygen atoms in total. The Morgan fingerprint density at radius 3 is 2.79 bits per heavy atom. The van der Waals surface area contributed by atoms with Crippen molar-refractivity contribution in [2.24, 2.45) is 0 Å². The normalized spacial score (nSPS) is 12.5. The Kier molecular flexibility index (Phi) is 4.62. The highest BCUT2D eigenvalue weighted by Gasteiger charge is 2.16. The van der Waals surface area contributed by atoms with Crippen molar-refractivity contribution in [3.05, 3.63) is 20.8 Å². The van der Waals surface area contributed by atoms with Crippen molar-refractivity contribution in [2.75, 3.05) is 7.11 Å². The van der Waals surface area contributed by atoms with Gasteiger partial charge in [0.05, 0.1) is 17.3 Å². The Morgan fingerprint density at radius 2 is 2.36 bits per heavy atom. The van der Waals surface area contributed by atoms with Gasteiger partial charge in [0, 0.05) is 10.8 Å². The Balaban J connectivity index is 2.67. The molecule has 0 aliphatic heterocycles. The summed E-state index contributed by atoms with van der Waals surface area (Å²) in [5.74, 6) is 0.153. The zero-order valence-corrected chi connectivity index (χ0v) is 10.7. The quantitative estimate of drug-likeness (QED) is 0.786. The molecule has 1 aromatic rings. The maximum absolute atomic E-state index is 11.1. The van der Waals surface area contributed by atoms with Gasteiger partial charge in [-0.3, -0.25) is 4.79 Å². The first kappa shape index (κ1) is 11.7. The van der Waals surface area contributed by atoms with Gasteiger partial charge < -0.3 is 4.74 Å². The van der Waals surface area contributed by atoms with Crippen LogP contribution in [0.25, 0.3) is 0 Å². The van der Waals surface area contributed by atoms with Crippen molar-refractivity contribution < 1.29 is 9.53 Å². The molecule has 0 aromatic carbocycles. The van der Waals surface area contributed by atoms with Crippen LogP contribution in [0.2, 0.25) is 0 Å². The minimum atomic E-state index is -0.138. The molecule has 1 atom stereocenters. The lowest BCUT2D eigenvalue weighted by Crippen LogP contribution is -2.06. The second-order valence-electron chi connectivity index (χ2n) is 3.03.